The van der Waals surface area contributed by atoms with Gasteiger partial charge in [0, 0.05) is 42.6 Å². The molecule has 2 fully saturated rings. The van der Waals surface area contributed by atoms with Crippen molar-refractivity contribution in [3.8, 4) is 0 Å². The van der Waals surface area contributed by atoms with E-state index in [9.17, 15) is 8.42 Å². The normalized spacial score (nSPS) is 27.4. The Hall–Kier alpha value is -2.23. The minimum absolute atomic E-state index is 0.126. The first kappa shape index (κ1) is 25.4. The van der Waals surface area contributed by atoms with Gasteiger partial charge in [-0.2, -0.15) is 8.42 Å². The summed E-state index contributed by atoms with van der Waals surface area (Å²) in [6.45, 7) is 5.44. The number of benzene rings is 2. The Morgan fingerprint density at radius 1 is 0.917 bits per heavy atom. The number of aromatic nitrogens is 1. The minimum Gasteiger partial charge on any atom is -0.368 e. The molecular weight excluding hydrogens is 474 g/mol. The Morgan fingerprint density at radius 3 is 2.19 bits per heavy atom. The fourth-order valence-corrected chi connectivity index (χ4v) is 6.50. The highest BCUT2D eigenvalue weighted by Crippen LogP contribution is 2.53. The molecule has 1 saturated carbocycles. The summed E-state index contributed by atoms with van der Waals surface area (Å²) in [5.74, 6) is 0. The van der Waals surface area contributed by atoms with Crippen LogP contribution in [0.3, 0.4) is 0 Å². The van der Waals surface area contributed by atoms with E-state index in [4.69, 9.17) is 9.29 Å². The molecule has 0 amide bonds. The largest absolute Gasteiger partial charge is 0.368 e. The summed E-state index contributed by atoms with van der Waals surface area (Å²) >= 11 is 0. The van der Waals surface area contributed by atoms with Crippen LogP contribution in [0.15, 0.2) is 54.6 Å². The van der Waals surface area contributed by atoms with Gasteiger partial charge in [0.1, 0.15) is 5.60 Å². The van der Waals surface area contributed by atoms with Gasteiger partial charge in [-0.05, 0) is 56.3 Å². The van der Waals surface area contributed by atoms with E-state index in [1.165, 1.54) is 27.7 Å². The molecule has 1 saturated heterocycles. The van der Waals surface area contributed by atoms with Crippen LogP contribution >= 0.6 is 0 Å². The average molecular weight is 512 g/mol. The molecule has 8 heteroatoms. The zero-order chi connectivity index (χ0) is 25.4. The molecule has 6 rings (SSSR count). The third-order valence-electron chi connectivity index (χ3n) is 8.30. The van der Waals surface area contributed by atoms with E-state index < -0.39 is 10.1 Å². The van der Waals surface area contributed by atoms with Gasteiger partial charge in [-0.3, -0.25) is 9.45 Å². The molecule has 1 aromatic heterocycles. The predicted molar refractivity (Wildman–Crippen MR) is 143 cm³/mol. The molecule has 2 N–H and O–H groups in total. The van der Waals surface area contributed by atoms with Crippen LogP contribution in [0.2, 0.25) is 0 Å². The molecule has 1 aliphatic carbocycles. The van der Waals surface area contributed by atoms with Gasteiger partial charge in [0.15, 0.2) is 0 Å². The number of piperazine rings is 1. The molecule has 2 aliphatic heterocycles. The highest BCUT2D eigenvalue weighted by Gasteiger charge is 2.50. The van der Waals surface area contributed by atoms with Gasteiger partial charge in [0.25, 0.3) is 10.1 Å². The van der Waals surface area contributed by atoms with Gasteiger partial charge in [0.05, 0.1) is 18.6 Å². The second kappa shape index (κ2) is 9.91. The Labute approximate surface area is 214 Å². The lowest BCUT2D eigenvalue weighted by molar-refractivity contribution is -0.122. The predicted octanol–water partition coefficient (Wildman–Crippen LogP) is 4.16. The Balaban J connectivity index is 0.000000489. The first-order valence-corrected chi connectivity index (χ1v) is 14.7. The van der Waals surface area contributed by atoms with Crippen molar-refractivity contribution >= 4 is 21.0 Å². The van der Waals surface area contributed by atoms with Crippen LogP contribution in [-0.2, 0) is 32.4 Å². The van der Waals surface area contributed by atoms with Crippen LogP contribution in [0.1, 0.15) is 42.5 Å². The Morgan fingerprint density at radius 2 is 1.53 bits per heavy atom. The number of likely N-dealkylation sites (N-methyl/N-ethyl adjacent to an activating group) is 1. The fraction of sp³-hybridized carbons (Fsp3) is 0.500. The van der Waals surface area contributed by atoms with Gasteiger partial charge in [0.2, 0.25) is 0 Å². The van der Waals surface area contributed by atoms with Crippen LogP contribution in [-0.4, -0.2) is 73.8 Å². The zero-order valence-corrected chi connectivity index (χ0v) is 22.1. The van der Waals surface area contributed by atoms with Gasteiger partial charge in [-0.15, -0.1) is 0 Å². The molecule has 3 heterocycles. The number of ether oxygens (including phenoxy) is 1. The Bertz CT molecular complexity index is 1280. The third kappa shape index (κ3) is 4.97. The third-order valence-corrected chi connectivity index (χ3v) is 8.30. The lowest BCUT2D eigenvalue weighted by atomic mass is 9.67. The summed E-state index contributed by atoms with van der Waals surface area (Å²) in [7, 11) is -1.42. The quantitative estimate of drug-likeness (QED) is 0.503. The van der Waals surface area contributed by atoms with E-state index in [0.29, 0.717) is 6.26 Å². The number of fused-ring (bicyclic) bond motifs is 4. The number of hydrogen-bond acceptors (Lipinski definition) is 5. The number of nitrogens with one attached hydrogen (secondary N) is 1. The zero-order valence-electron chi connectivity index (χ0n) is 21.2. The summed E-state index contributed by atoms with van der Waals surface area (Å²) in [6.07, 6.45) is 6.18. The lowest BCUT2D eigenvalue weighted by Gasteiger charge is -2.54. The maximum absolute atomic E-state index is 9.19. The first-order valence-electron chi connectivity index (χ1n) is 12.9. The van der Waals surface area contributed by atoms with Gasteiger partial charge in [-0.1, -0.05) is 48.5 Å². The molecule has 0 atom stereocenters. The summed E-state index contributed by atoms with van der Waals surface area (Å²) in [5.41, 5.74) is 5.57. The molecule has 0 radical (unpaired) electrons. The van der Waals surface area contributed by atoms with Crippen molar-refractivity contribution in [1.82, 2.24) is 14.8 Å². The number of para-hydroxylation sites is 1. The molecule has 2 aromatic carbocycles. The van der Waals surface area contributed by atoms with Gasteiger partial charge < -0.3 is 14.6 Å². The van der Waals surface area contributed by atoms with Crippen LogP contribution in [0.4, 0.5) is 0 Å². The van der Waals surface area contributed by atoms with E-state index in [0.717, 1.165) is 64.9 Å². The molecule has 0 bridgehead atoms. The highest BCUT2D eigenvalue weighted by atomic mass is 32.2. The summed E-state index contributed by atoms with van der Waals surface area (Å²) < 4.78 is 32.5. The number of H-pyrrole nitrogens is 1. The number of hydrogen-bond donors (Lipinski definition) is 2. The smallest absolute Gasteiger partial charge is 0.261 e. The fourth-order valence-electron chi connectivity index (χ4n) is 6.50. The van der Waals surface area contributed by atoms with Gasteiger partial charge in [-0.25, -0.2) is 0 Å². The molecule has 3 aromatic rings. The van der Waals surface area contributed by atoms with E-state index in [-0.39, 0.29) is 11.1 Å². The average Bonchev–Trinajstić information content (AvgIpc) is 3.25. The van der Waals surface area contributed by atoms with Crippen molar-refractivity contribution in [3.63, 3.8) is 0 Å². The lowest BCUT2D eigenvalue weighted by Crippen LogP contribution is -2.57. The maximum Gasteiger partial charge on any atom is 0.261 e. The van der Waals surface area contributed by atoms with Crippen molar-refractivity contribution in [2.75, 3.05) is 46.1 Å². The number of rotatable bonds is 2. The Kier molecular flexibility index (Phi) is 7.00. The number of nitrogens with zero attached hydrogens (tertiary/aromatic N) is 2. The second-order valence-corrected chi connectivity index (χ2v) is 12.0. The molecule has 194 valence electrons. The maximum atomic E-state index is 9.19. The SMILES string of the molecule is CN1CCN(C2(c3ccccc3)CCC3(CC2)OCCc2c3[nH]c3ccccc23)CC1.CS(=O)(=O)O. The van der Waals surface area contributed by atoms with Crippen LogP contribution in [0.25, 0.3) is 10.9 Å². The van der Waals surface area contributed by atoms with E-state index in [1.54, 1.807) is 0 Å². The van der Waals surface area contributed by atoms with E-state index in [2.05, 4.69) is 76.4 Å². The standard InChI is InChI=1S/C27H33N3O.CH4O3S/c1-29-16-18-30(19-17-29)26(21-7-3-2-4-8-21)12-14-27(15-13-26)25-23(11-20-31-27)22-9-5-6-10-24(22)28-25;1-5(2,3)4/h2-10,28H,11-20H2,1H3;1H3,(H,2,3,4). The van der Waals surface area contributed by atoms with Gasteiger partial charge >= 0.3 is 0 Å². The molecular formula is C28H37N3O4S. The minimum atomic E-state index is -3.67. The van der Waals surface area contributed by atoms with Crippen molar-refractivity contribution in [2.24, 2.45) is 0 Å². The molecule has 7 nitrogen and oxygen atoms in total. The molecule has 36 heavy (non-hydrogen) atoms. The van der Waals surface area contributed by atoms with Crippen LogP contribution in [0.5, 0.6) is 0 Å². The van der Waals surface area contributed by atoms with Crippen molar-refractivity contribution in [2.45, 2.75) is 43.2 Å². The van der Waals surface area contributed by atoms with Crippen molar-refractivity contribution in [3.05, 3.63) is 71.4 Å². The van der Waals surface area contributed by atoms with Crippen LogP contribution in [0, 0.1) is 0 Å². The topological polar surface area (TPSA) is 85.9 Å². The van der Waals surface area contributed by atoms with E-state index >= 15 is 0 Å². The van der Waals surface area contributed by atoms with E-state index in [1.807, 2.05) is 0 Å². The number of aromatic amines is 1. The highest BCUT2D eigenvalue weighted by molar-refractivity contribution is 7.85. The molecule has 3 aliphatic rings. The summed E-state index contributed by atoms with van der Waals surface area (Å²) in [6, 6.07) is 20.0. The monoisotopic (exact) mass is 511 g/mol. The molecule has 1 spiro atoms. The summed E-state index contributed by atoms with van der Waals surface area (Å²) in [5, 5.41) is 1.39. The second-order valence-electron chi connectivity index (χ2n) is 10.5. The summed E-state index contributed by atoms with van der Waals surface area (Å²) in [4.78, 5) is 9.02. The van der Waals surface area contributed by atoms with Crippen LogP contribution < -0.4 is 0 Å². The van der Waals surface area contributed by atoms with Crippen molar-refractivity contribution < 1.29 is 17.7 Å². The molecule has 0 unspecified atom stereocenters. The first-order chi connectivity index (χ1) is 17.2. The van der Waals surface area contributed by atoms with Crippen molar-refractivity contribution in [1.29, 1.82) is 0 Å².